The molecule has 1 atom stereocenters. The van der Waals surface area contributed by atoms with Gasteiger partial charge in [-0.15, -0.1) is 0 Å². The average Bonchev–Trinajstić information content (AvgIpc) is 2.87. The van der Waals surface area contributed by atoms with E-state index in [-0.39, 0.29) is 25.0 Å². The zero-order valence-electron chi connectivity index (χ0n) is 19.2. The molecular weight excluding hydrogens is 452 g/mol. The summed E-state index contributed by atoms with van der Waals surface area (Å²) in [7, 11) is 1.57. The zero-order chi connectivity index (χ0) is 24.2. The average molecular weight is 481 g/mol. The van der Waals surface area contributed by atoms with E-state index < -0.39 is 6.04 Å². The van der Waals surface area contributed by atoms with Gasteiger partial charge < -0.3 is 19.7 Å². The highest BCUT2D eigenvalue weighted by atomic mass is 35.5. The van der Waals surface area contributed by atoms with Crippen molar-refractivity contribution in [3.8, 4) is 5.75 Å². The summed E-state index contributed by atoms with van der Waals surface area (Å²) in [6.45, 7) is 0.754. The second-order valence-corrected chi connectivity index (χ2v) is 8.12. The van der Waals surface area contributed by atoms with Crippen molar-refractivity contribution >= 4 is 23.4 Å². The molecule has 0 aliphatic heterocycles. The second-order valence-electron chi connectivity index (χ2n) is 7.72. The van der Waals surface area contributed by atoms with E-state index in [1.54, 1.807) is 36.3 Å². The summed E-state index contributed by atoms with van der Waals surface area (Å²) in [6.07, 6.45) is 0.365. The molecule has 1 N–H and O–H groups in total. The van der Waals surface area contributed by atoms with E-state index in [0.717, 1.165) is 11.1 Å². The van der Waals surface area contributed by atoms with E-state index in [1.165, 1.54) is 0 Å². The number of halogens is 1. The number of nitrogens with zero attached hydrogens (tertiary/aromatic N) is 1. The van der Waals surface area contributed by atoms with Crippen LogP contribution in [0.15, 0.2) is 84.9 Å². The first-order valence-corrected chi connectivity index (χ1v) is 11.5. The number of rotatable bonds is 12. The number of hydrogen-bond donors (Lipinski definition) is 1. The van der Waals surface area contributed by atoms with Gasteiger partial charge in [-0.25, -0.2) is 0 Å². The van der Waals surface area contributed by atoms with E-state index in [0.29, 0.717) is 30.3 Å². The molecule has 0 aliphatic rings. The molecule has 6 nitrogen and oxygen atoms in total. The second kappa shape index (κ2) is 13.4. The molecule has 2 amide bonds. The highest BCUT2D eigenvalue weighted by molar-refractivity contribution is 6.32. The fourth-order valence-electron chi connectivity index (χ4n) is 3.51. The number of carbonyl (C=O) groups is 2. The van der Waals surface area contributed by atoms with Gasteiger partial charge in [0.15, 0.2) is 6.61 Å². The summed E-state index contributed by atoms with van der Waals surface area (Å²) in [4.78, 5) is 28.3. The summed E-state index contributed by atoms with van der Waals surface area (Å²) >= 11 is 6.18. The molecule has 0 bridgehead atoms. The first kappa shape index (κ1) is 25.3. The largest absolute Gasteiger partial charge is 0.482 e. The highest BCUT2D eigenvalue weighted by Crippen LogP contribution is 2.23. The minimum Gasteiger partial charge on any atom is -0.482 e. The molecule has 0 saturated carbocycles. The van der Waals surface area contributed by atoms with Gasteiger partial charge in [-0.3, -0.25) is 9.59 Å². The molecule has 0 aromatic heterocycles. The number of nitrogens with one attached hydrogen (secondary N) is 1. The Bertz CT molecular complexity index is 1050. The van der Waals surface area contributed by atoms with Crippen LogP contribution in [0.4, 0.5) is 0 Å². The van der Waals surface area contributed by atoms with Crippen LogP contribution in [0.5, 0.6) is 5.75 Å². The maximum atomic E-state index is 13.5. The predicted molar refractivity (Wildman–Crippen MR) is 133 cm³/mol. The molecule has 3 aromatic carbocycles. The van der Waals surface area contributed by atoms with Crippen LogP contribution in [0.1, 0.15) is 11.1 Å². The number of methoxy groups -OCH3 is 1. The molecule has 7 heteroatoms. The molecule has 0 aliphatic carbocycles. The van der Waals surface area contributed by atoms with Gasteiger partial charge in [0.2, 0.25) is 5.91 Å². The lowest BCUT2D eigenvalue weighted by molar-refractivity contribution is -0.142. The van der Waals surface area contributed by atoms with Gasteiger partial charge in [0, 0.05) is 26.6 Å². The number of para-hydroxylation sites is 1. The molecule has 178 valence electrons. The van der Waals surface area contributed by atoms with E-state index in [2.05, 4.69) is 5.32 Å². The van der Waals surface area contributed by atoms with Gasteiger partial charge in [0.25, 0.3) is 5.91 Å². The molecule has 1 unspecified atom stereocenters. The molecule has 0 radical (unpaired) electrons. The topological polar surface area (TPSA) is 67.9 Å². The minimum absolute atomic E-state index is 0.243. The van der Waals surface area contributed by atoms with Crippen molar-refractivity contribution in [3.05, 3.63) is 101 Å². The van der Waals surface area contributed by atoms with E-state index in [1.807, 2.05) is 60.7 Å². The van der Waals surface area contributed by atoms with Crippen molar-refractivity contribution in [2.24, 2.45) is 0 Å². The normalized spacial score (nSPS) is 11.5. The lowest BCUT2D eigenvalue weighted by Crippen LogP contribution is -2.52. The Hall–Kier alpha value is -3.35. The third-order valence-electron chi connectivity index (χ3n) is 5.26. The number of amides is 2. The van der Waals surface area contributed by atoms with Crippen LogP contribution in [0.25, 0.3) is 0 Å². The van der Waals surface area contributed by atoms with Crippen LogP contribution in [-0.4, -0.2) is 49.6 Å². The van der Waals surface area contributed by atoms with Crippen molar-refractivity contribution in [3.63, 3.8) is 0 Å². The van der Waals surface area contributed by atoms with Gasteiger partial charge in [-0.2, -0.15) is 0 Å². The van der Waals surface area contributed by atoms with Crippen LogP contribution in [0.3, 0.4) is 0 Å². The van der Waals surface area contributed by atoms with Gasteiger partial charge in [-0.1, -0.05) is 84.4 Å². The highest BCUT2D eigenvalue weighted by Gasteiger charge is 2.30. The van der Waals surface area contributed by atoms with Crippen LogP contribution in [0.2, 0.25) is 5.02 Å². The van der Waals surface area contributed by atoms with Gasteiger partial charge in [-0.05, 0) is 23.3 Å². The third kappa shape index (κ3) is 7.61. The molecule has 0 fully saturated rings. The Kier molecular flexibility index (Phi) is 9.95. The molecule has 3 rings (SSSR count). The van der Waals surface area contributed by atoms with Crippen molar-refractivity contribution < 1.29 is 19.1 Å². The summed E-state index contributed by atoms with van der Waals surface area (Å²) in [5.41, 5.74) is 1.86. The monoisotopic (exact) mass is 480 g/mol. The van der Waals surface area contributed by atoms with Crippen molar-refractivity contribution in [2.45, 2.75) is 19.0 Å². The molecular formula is C27H29ClN2O4. The summed E-state index contributed by atoms with van der Waals surface area (Å²) < 4.78 is 10.8. The standard InChI is InChI=1S/C27H29ClN2O4/c1-33-17-16-29-27(32)24(18-21-10-4-2-5-11-21)30(19-22-12-6-3-7-13-22)26(31)20-34-25-15-9-8-14-23(25)28/h2-15,24H,16-20H2,1H3,(H,29,32). The Balaban J connectivity index is 1.86. The molecule has 34 heavy (non-hydrogen) atoms. The minimum atomic E-state index is -0.734. The molecule has 0 saturated heterocycles. The Morgan fingerprint density at radius 3 is 2.18 bits per heavy atom. The van der Waals surface area contributed by atoms with Crippen LogP contribution in [0, 0.1) is 0 Å². The van der Waals surface area contributed by atoms with Crippen LogP contribution >= 0.6 is 11.6 Å². The quantitative estimate of drug-likeness (QED) is 0.396. The predicted octanol–water partition coefficient (Wildman–Crippen LogP) is 4.12. The lowest BCUT2D eigenvalue weighted by atomic mass is 10.0. The number of ether oxygens (including phenoxy) is 2. The van der Waals surface area contributed by atoms with Crippen LogP contribution < -0.4 is 10.1 Å². The van der Waals surface area contributed by atoms with Crippen molar-refractivity contribution in [1.82, 2.24) is 10.2 Å². The number of hydrogen-bond acceptors (Lipinski definition) is 4. The van der Waals surface area contributed by atoms with E-state index in [9.17, 15) is 9.59 Å². The number of carbonyl (C=O) groups excluding carboxylic acids is 2. The third-order valence-corrected chi connectivity index (χ3v) is 5.57. The smallest absolute Gasteiger partial charge is 0.261 e. The lowest BCUT2D eigenvalue weighted by Gasteiger charge is -2.31. The first-order chi connectivity index (χ1) is 16.6. The van der Waals surface area contributed by atoms with Gasteiger partial charge in [0.05, 0.1) is 11.6 Å². The van der Waals surface area contributed by atoms with E-state index in [4.69, 9.17) is 21.1 Å². The molecule has 0 heterocycles. The Labute approximate surface area is 205 Å². The van der Waals surface area contributed by atoms with Gasteiger partial charge >= 0.3 is 0 Å². The molecule has 3 aromatic rings. The fraction of sp³-hybridized carbons (Fsp3) is 0.259. The maximum absolute atomic E-state index is 13.5. The van der Waals surface area contributed by atoms with E-state index >= 15 is 0 Å². The maximum Gasteiger partial charge on any atom is 0.261 e. The Morgan fingerprint density at radius 1 is 0.912 bits per heavy atom. The van der Waals surface area contributed by atoms with Crippen molar-refractivity contribution in [1.29, 1.82) is 0 Å². The summed E-state index contributed by atoms with van der Waals surface area (Å²) in [5.74, 6) is -0.143. The first-order valence-electron chi connectivity index (χ1n) is 11.1. The fourth-order valence-corrected chi connectivity index (χ4v) is 3.70. The van der Waals surface area contributed by atoms with Crippen LogP contribution in [-0.2, 0) is 27.3 Å². The van der Waals surface area contributed by atoms with Crippen molar-refractivity contribution in [2.75, 3.05) is 26.9 Å². The Morgan fingerprint density at radius 2 is 1.53 bits per heavy atom. The molecule has 0 spiro atoms. The summed E-state index contributed by atoms with van der Waals surface area (Å²) in [6, 6.07) is 25.5. The SMILES string of the molecule is COCCNC(=O)C(Cc1ccccc1)N(Cc1ccccc1)C(=O)COc1ccccc1Cl. The zero-order valence-corrected chi connectivity index (χ0v) is 19.9. The number of benzene rings is 3. The van der Waals surface area contributed by atoms with Gasteiger partial charge in [0.1, 0.15) is 11.8 Å². The summed E-state index contributed by atoms with van der Waals surface area (Å²) in [5, 5.41) is 3.31.